The van der Waals surface area contributed by atoms with E-state index in [2.05, 4.69) is 42.8 Å². The molecule has 10 rings (SSSR count). The van der Waals surface area contributed by atoms with Gasteiger partial charge in [-0.25, -0.2) is 0 Å². The van der Waals surface area contributed by atoms with Crippen molar-refractivity contribution in [3.8, 4) is 50.6 Å². The second kappa shape index (κ2) is 17.2. The van der Waals surface area contributed by atoms with Crippen LogP contribution in [0.3, 0.4) is 0 Å². The molecule has 0 unspecified atom stereocenters. The summed E-state index contributed by atoms with van der Waals surface area (Å²) >= 11 is 0. The number of hydrogen-bond acceptors (Lipinski definition) is 3. The third-order valence-corrected chi connectivity index (χ3v) is 12.6. The van der Waals surface area contributed by atoms with E-state index in [1.807, 2.05) is 170 Å². The first-order chi connectivity index (χ1) is 30.3. The number of furan rings is 1. The summed E-state index contributed by atoms with van der Waals surface area (Å²) in [6.07, 6.45) is 1.98. The molecule has 0 atom stereocenters. The van der Waals surface area contributed by atoms with Crippen LogP contribution in [0, 0.1) is 12.1 Å². The number of para-hydroxylation sites is 4. The molecule has 0 aliphatic rings. The predicted octanol–water partition coefficient (Wildman–Crippen LogP) is 13.9. The Balaban J connectivity index is 0.000000225. The molecule has 0 aliphatic carbocycles. The van der Waals surface area contributed by atoms with Gasteiger partial charge in [0.2, 0.25) is 0 Å². The Morgan fingerprint density at radius 3 is 2.03 bits per heavy atom. The Hall–Kier alpha value is -6.17. The molecule has 0 N–H and O–H groups in total. The SMILES string of the molecule is [2H]C(C)(C)c1cc(-c2[c-]cccc2)ncc1[Si](C)(C)C.[2H]c1c([2H])c(-c2ccccc2)c(-n2c(-c3[c-]ccc4c3oc3ccccc34)nc3ccccc32)c(-c2ccccc2)c1[2H].[Ir]. The van der Waals surface area contributed by atoms with E-state index in [0.717, 1.165) is 55.3 Å². The van der Waals surface area contributed by atoms with Crippen molar-refractivity contribution in [2.75, 3.05) is 0 Å². The van der Waals surface area contributed by atoms with Crippen molar-refractivity contribution in [3.63, 3.8) is 0 Å². The summed E-state index contributed by atoms with van der Waals surface area (Å²) in [5.41, 5.74) is 9.96. The molecular weight excluding hydrogens is 927 g/mol. The van der Waals surface area contributed by atoms with Crippen LogP contribution >= 0.6 is 0 Å². The summed E-state index contributed by atoms with van der Waals surface area (Å²) in [6.45, 7) is 10.8. The zero-order valence-corrected chi connectivity index (χ0v) is 37.5. The molecule has 0 aliphatic heterocycles. The van der Waals surface area contributed by atoms with Gasteiger partial charge in [0, 0.05) is 44.2 Å². The predicted molar refractivity (Wildman–Crippen MR) is 249 cm³/mol. The van der Waals surface area contributed by atoms with Gasteiger partial charge in [0.1, 0.15) is 5.58 Å². The first-order valence-corrected chi connectivity index (χ1v) is 23.3. The second-order valence-electron chi connectivity index (χ2n) is 15.8. The van der Waals surface area contributed by atoms with Gasteiger partial charge in [0.15, 0.2) is 0 Å². The minimum Gasteiger partial charge on any atom is -0.501 e. The van der Waals surface area contributed by atoms with Crippen LogP contribution in [0.25, 0.3) is 83.6 Å². The number of imidazole rings is 1. The van der Waals surface area contributed by atoms with Crippen LogP contribution in [0.4, 0.5) is 0 Å². The molecule has 7 aromatic carbocycles. The van der Waals surface area contributed by atoms with Gasteiger partial charge in [-0.15, -0.1) is 54.1 Å². The first kappa shape index (κ1) is 35.7. The summed E-state index contributed by atoms with van der Waals surface area (Å²) in [7, 11) is -1.50. The van der Waals surface area contributed by atoms with E-state index in [1.165, 1.54) is 5.19 Å². The Labute approximate surface area is 372 Å². The van der Waals surface area contributed by atoms with E-state index in [-0.39, 0.29) is 38.2 Å². The van der Waals surface area contributed by atoms with Crippen molar-refractivity contribution in [3.05, 3.63) is 194 Å². The summed E-state index contributed by atoms with van der Waals surface area (Å²) < 4.78 is 44.2. The van der Waals surface area contributed by atoms with Crippen LogP contribution in [-0.2, 0) is 20.1 Å². The van der Waals surface area contributed by atoms with Gasteiger partial charge in [-0.1, -0.05) is 165 Å². The molecule has 0 saturated heterocycles. The van der Waals surface area contributed by atoms with Crippen molar-refractivity contribution in [2.45, 2.75) is 39.4 Å². The zero-order valence-electron chi connectivity index (χ0n) is 38.1. The number of benzene rings is 7. The molecule has 3 heterocycles. The van der Waals surface area contributed by atoms with Crippen LogP contribution < -0.4 is 5.19 Å². The summed E-state index contributed by atoms with van der Waals surface area (Å²) in [5, 5.41) is 3.24. The number of hydrogen-bond donors (Lipinski definition) is 0. The van der Waals surface area contributed by atoms with E-state index in [1.54, 1.807) is 0 Å². The number of aromatic nitrogens is 3. The monoisotopic (exact) mass is 976 g/mol. The maximum Gasteiger partial charge on any atom is 0.120 e. The molecule has 4 nitrogen and oxygen atoms in total. The van der Waals surface area contributed by atoms with E-state index in [4.69, 9.17) is 12.1 Å². The van der Waals surface area contributed by atoms with E-state index in [9.17, 15) is 2.74 Å². The Morgan fingerprint density at radius 1 is 0.717 bits per heavy atom. The average molecular weight is 976 g/mol. The normalized spacial score (nSPS) is 12.6. The average Bonchev–Trinajstić information content (AvgIpc) is 3.87. The molecular formula is C54H45IrN3OSi-2. The molecule has 1 radical (unpaired) electrons. The molecule has 0 amide bonds. The summed E-state index contributed by atoms with van der Waals surface area (Å²) in [4.78, 5) is 9.74. The molecule has 0 saturated carbocycles. The molecule has 0 spiro atoms. The van der Waals surface area contributed by atoms with Crippen LogP contribution in [0.5, 0.6) is 0 Å². The van der Waals surface area contributed by atoms with Crippen molar-refractivity contribution in [1.29, 1.82) is 0 Å². The standard InChI is InChI=1S/C37H23N2O.C17H22NSi.Ir/c1-3-13-25(14-4-1)27-18-11-19-28(26-15-5-2-6-16-26)35(27)39-33-23-9-8-22-32(33)38-37(39)31-21-12-20-30-29-17-7-10-24-34(29)40-36(30)31;1-13(2)15-11-16(14-9-7-6-8-10-14)18-12-17(15)19(3,4)5;/h1-20,22-24H;6-9,11-13H,1-5H3;/q2*-1;/i11D,18D,19D;13D;. The van der Waals surface area contributed by atoms with Crippen LogP contribution in [0.2, 0.25) is 19.6 Å². The van der Waals surface area contributed by atoms with E-state index < -0.39 is 14.0 Å². The molecule has 60 heavy (non-hydrogen) atoms. The maximum absolute atomic E-state index is 9.20. The fraction of sp³-hybridized carbons (Fsp3) is 0.111. The van der Waals surface area contributed by atoms with Gasteiger partial charge in [-0.2, -0.15) is 0 Å². The Morgan fingerprint density at radius 2 is 1.37 bits per heavy atom. The zero-order chi connectivity index (χ0) is 44.0. The van der Waals surface area contributed by atoms with E-state index >= 15 is 0 Å². The third kappa shape index (κ3) is 7.82. The van der Waals surface area contributed by atoms with E-state index in [0.29, 0.717) is 33.8 Å². The van der Waals surface area contributed by atoms with Crippen LogP contribution in [0.15, 0.2) is 180 Å². The Kier molecular flexibility index (Phi) is 10.2. The quantitative estimate of drug-likeness (QED) is 0.118. The topological polar surface area (TPSA) is 43.9 Å². The van der Waals surface area contributed by atoms with Crippen molar-refractivity contribution in [1.82, 2.24) is 14.5 Å². The van der Waals surface area contributed by atoms with Crippen molar-refractivity contribution >= 4 is 46.2 Å². The van der Waals surface area contributed by atoms with Gasteiger partial charge in [-0.3, -0.25) is 4.98 Å². The van der Waals surface area contributed by atoms with Gasteiger partial charge < -0.3 is 14.0 Å². The van der Waals surface area contributed by atoms with Crippen molar-refractivity contribution < 1.29 is 30.0 Å². The summed E-state index contributed by atoms with van der Waals surface area (Å²) in [5.74, 6) is -0.0287. The number of pyridine rings is 1. The Bertz CT molecular complexity index is 3220. The third-order valence-electron chi connectivity index (χ3n) is 10.6. The molecule has 6 heteroatoms. The van der Waals surface area contributed by atoms with Crippen LogP contribution in [0.1, 0.15) is 30.8 Å². The van der Waals surface area contributed by atoms with Gasteiger partial charge in [0.05, 0.1) is 40.3 Å². The molecule has 0 bridgehead atoms. The van der Waals surface area contributed by atoms with Crippen LogP contribution in [-0.4, -0.2) is 22.6 Å². The molecule has 10 aromatic rings. The fourth-order valence-electron chi connectivity index (χ4n) is 7.69. The second-order valence-corrected chi connectivity index (χ2v) is 20.8. The smallest absolute Gasteiger partial charge is 0.120 e. The number of rotatable bonds is 7. The summed E-state index contributed by atoms with van der Waals surface area (Å²) in [6, 6.07) is 55.4. The molecule has 3 aromatic heterocycles. The minimum absolute atomic E-state index is 0. The first-order valence-electron chi connectivity index (χ1n) is 21.8. The number of nitrogens with zero attached hydrogens (tertiary/aromatic N) is 3. The van der Waals surface area contributed by atoms with Crippen molar-refractivity contribution in [2.24, 2.45) is 0 Å². The van der Waals surface area contributed by atoms with Gasteiger partial charge in [0.25, 0.3) is 0 Å². The van der Waals surface area contributed by atoms with Gasteiger partial charge in [-0.05, 0) is 46.1 Å². The fourth-order valence-corrected chi connectivity index (χ4v) is 9.28. The number of fused-ring (bicyclic) bond motifs is 4. The maximum atomic E-state index is 9.20. The largest absolute Gasteiger partial charge is 0.501 e. The van der Waals surface area contributed by atoms with Gasteiger partial charge >= 0.3 is 0 Å². The molecule has 0 fully saturated rings. The minimum atomic E-state index is -1.50. The molecule has 297 valence electrons.